The molecule has 0 radical (unpaired) electrons. The molecule has 0 saturated heterocycles. The lowest BCUT2D eigenvalue weighted by molar-refractivity contribution is -0.138. The Balaban J connectivity index is 2.35. The smallest absolute Gasteiger partial charge is 0.320 e. The Morgan fingerprint density at radius 2 is 2.31 bits per heavy atom. The van der Waals surface area contributed by atoms with Crippen LogP contribution in [0.3, 0.4) is 0 Å². The van der Waals surface area contributed by atoms with Crippen molar-refractivity contribution in [2.24, 2.45) is 5.73 Å². The number of aromatic amines is 1. The average molecular weight is 239 g/mol. The molecule has 1 heterocycles. The third-order valence-electron chi connectivity index (χ3n) is 2.49. The number of carbonyl (C=O) groups is 1. The zero-order valence-corrected chi connectivity index (χ0v) is 9.16. The van der Waals surface area contributed by atoms with Gasteiger partial charge in [-0.25, -0.2) is 0 Å². The van der Waals surface area contributed by atoms with Gasteiger partial charge in [-0.1, -0.05) is 17.7 Å². The number of H-pyrrole nitrogens is 1. The Morgan fingerprint density at radius 1 is 1.56 bits per heavy atom. The first-order valence-electron chi connectivity index (χ1n) is 4.82. The number of halogens is 1. The summed E-state index contributed by atoms with van der Waals surface area (Å²) < 4.78 is 0. The summed E-state index contributed by atoms with van der Waals surface area (Å²) in [6.07, 6.45) is 2.07. The fourth-order valence-corrected chi connectivity index (χ4v) is 1.82. The Labute approximate surface area is 97.0 Å². The van der Waals surface area contributed by atoms with Gasteiger partial charge in [0.15, 0.2) is 0 Å². The van der Waals surface area contributed by atoms with Gasteiger partial charge in [-0.3, -0.25) is 4.79 Å². The number of hydrogen-bond donors (Lipinski definition) is 3. The Kier molecular flexibility index (Phi) is 2.85. The lowest BCUT2D eigenvalue weighted by Crippen LogP contribution is -2.32. The first-order chi connectivity index (χ1) is 7.58. The third kappa shape index (κ3) is 2.03. The molecular weight excluding hydrogens is 228 g/mol. The van der Waals surface area contributed by atoms with Gasteiger partial charge in [0.05, 0.1) is 0 Å². The highest BCUT2D eigenvalue weighted by atomic mass is 35.5. The zero-order valence-electron chi connectivity index (χ0n) is 8.40. The van der Waals surface area contributed by atoms with Gasteiger partial charge in [0, 0.05) is 28.5 Å². The Hall–Kier alpha value is -1.52. The summed E-state index contributed by atoms with van der Waals surface area (Å²) in [6.45, 7) is 0. The first kappa shape index (κ1) is 11.0. The second-order valence-electron chi connectivity index (χ2n) is 3.65. The van der Waals surface area contributed by atoms with E-state index in [4.69, 9.17) is 22.4 Å². The first-order valence-corrected chi connectivity index (χ1v) is 5.19. The lowest BCUT2D eigenvalue weighted by atomic mass is 10.1. The standard InChI is InChI=1S/C11H11ClN2O2/c12-7-1-2-8-6(3-9(13)11(15)16)5-14-10(8)4-7/h1-2,4-5,9,14H,3,13H2,(H,15,16). The van der Waals surface area contributed by atoms with Gasteiger partial charge in [0.25, 0.3) is 0 Å². The number of carboxylic acid groups (broad SMARTS) is 1. The number of benzene rings is 1. The molecule has 0 fully saturated rings. The van der Waals surface area contributed by atoms with E-state index in [2.05, 4.69) is 4.98 Å². The van der Waals surface area contributed by atoms with E-state index in [9.17, 15) is 4.79 Å². The zero-order chi connectivity index (χ0) is 11.7. The second-order valence-corrected chi connectivity index (χ2v) is 4.09. The molecule has 1 atom stereocenters. The van der Waals surface area contributed by atoms with Gasteiger partial charge in [-0.05, 0) is 17.7 Å². The van der Waals surface area contributed by atoms with Crippen LogP contribution in [0.25, 0.3) is 10.9 Å². The summed E-state index contributed by atoms with van der Waals surface area (Å²) in [5, 5.41) is 10.3. The molecule has 0 bridgehead atoms. The SMILES string of the molecule is NC(Cc1c[nH]c2cc(Cl)ccc12)C(=O)O. The van der Waals surface area contributed by atoms with Crippen LogP contribution >= 0.6 is 11.6 Å². The summed E-state index contributed by atoms with van der Waals surface area (Å²) in [5.41, 5.74) is 7.27. The molecule has 0 aliphatic heterocycles. The minimum atomic E-state index is -0.997. The second kappa shape index (κ2) is 4.15. The minimum Gasteiger partial charge on any atom is -0.480 e. The number of aliphatic carboxylic acids is 1. The molecule has 16 heavy (non-hydrogen) atoms. The van der Waals surface area contributed by atoms with Crippen molar-refractivity contribution in [1.82, 2.24) is 4.98 Å². The number of aromatic nitrogens is 1. The number of nitrogens with one attached hydrogen (secondary N) is 1. The average Bonchev–Trinajstić information content (AvgIpc) is 2.60. The highest BCUT2D eigenvalue weighted by Gasteiger charge is 2.14. The van der Waals surface area contributed by atoms with Crippen LogP contribution in [0.4, 0.5) is 0 Å². The summed E-state index contributed by atoms with van der Waals surface area (Å²) in [5.74, 6) is -0.997. The van der Waals surface area contributed by atoms with Crippen LogP contribution < -0.4 is 5.73 Å². The summed E-state index contributed by atoms with van der Waals surface area (Å²) in [7, 11) is 0. The van der Waals surface area contributed by atoms with Crippen molar-refractivity contribution in [3.05, 3.63) is 35.0 Å². The van der Waals surface area contributed by atoms with E-state index in [1.54, 1.807) is 18.3 Å². The molecule has 4 N–H and O–H groups in total. The maximum absolute atomic E-state index is 10.7. The molecule has 1 unspecified atom stereocenters. The normalized spacial score (nSPS) is 12.9. The molecule has 0 saturated carbocycles. The number of fused-ring (bicyclic) bond motifs is 1. The minimum absolute atomic E-state index is 0.303. The van der Waals surface area contributed by atoms with E-state index in [0.717, 1.165) is 16.5 Å². The lowest BCUT2D eigenvalue weighted by Gasteiger charge is -2.04. The van der Waals surface area contributed by atoms with Crippen LogP contribution in [0.2, 0.25) is 5.02 Å². The van der Waals surface area contributed by atoms with Crippen LogP contribution in [-0.4, -0.2) is 22.1 Å². The van der Waals surface area contributed by atoms with Crippen molar-refractivity contribution in [1.29, 1.82) is 0 Å². The fourth-order valence-electron chi connectivity index (χ4n) is 1.65. The Bertz CT molecular complexity index is 536. The topological polar surface area (TPSA) is 79.1 Å². The molecule has 1 aromatic heterocycles. The fraction of sp³-hybridized carbons (Fsp3) is 0.182. The number of nitrogens with two attached hydrogens (primary N) is 1. The molecule has 0 aliphatic rings. The van der Waals surface area contributed by atoms with Crippen molar-refractivity contribution in [2.45, 2.75) is 12.5 Å². The predicted octanol–water partition coefficient (Wildman–Crippen LogP) is 1.78. The van der Waals surface area contributed by atoms with Crippen molar-refractivity contribution in [2.75, 3.05) is 0 Å². The molecular formula is C11H11ClN2O2. The van der Waals surface area contributed by atoms with Crippen LogP contribution in [-0.2, 0) is 11.2 Å². The molecule has 0 amide bonds. The van der Waals surface area contributed by atoms with Crippen molar-refractivity contribution in [3.8, 4) is 0 Å². The summed E-state index contributed by atoms with van der Waals surface area (Å²) in [6, 6.07) is 4.55. The Morgan fingerprint density at radius 3 is 3.00 bits per heavy atom. The van der Waals surface area contributed by atoms with Gasteiger partial charge >= 0.3 is 5.97 Å². The highest BCUT2D eigenvalue weighted by Crippen LogP contribution is 2.22. The van der Waals surface area contributed by atoms with E-state index in [0.29, 0.717) is 11.4 Å². The van der Waals surface area contributed by atoms with Gasteiger partial charge in [-0.2, -0.15) is 0 Å². The van der Waals surface area contributed by atoms with Gasteiger partial charge in [0.1, 0.15) is 6.04 Å². The maximum Gasteiger partial charge on any atom is 0.320 e. The molecule has 84 valence electrons. The summed E-state index contributed by atoms with van der Waals surface area (Å²) in [4.78, 5) is 13.7. The van der Waals surface area contributed by atoms with Crippen molar-refractivity contribution in [3.63, 3.8) is 0 Å². The molecule has 1 aromatic carbocycles. The quantitative estimate of drug-likeness (QED) is 0.763. The monoisotopic (exact) mass is 238 g/mol. The van der Waals surface area contributed by atoms with E-state index in [-0.39, 0.29) is 0 Å². The molecule has 0 aliphatic carbocycles. The van der Waals surface area contributed by atoms with Gasteiger partial charge in [-0.15, -0.1) is 0 Å². The van der Waals surface area contributed by atoms with E-state index in [1.165, 1.54) is 0 Å². The molecule has 0 spiro atoms. The molecule has 2 rings (SSSR count). The largest absolute Gasteiger partial charge is 0.480 e. The van der Waals surface area contributed by atoms with Crippen LogP contribution in [0.5, 0.6) is 0 Å². The summed E-state index contributed by atoms with van der Waals surface area (Å²) >= 11 is 5.85. The highest BCUT2D eigenvalue weighted by molar-refractivity contribution is 6.31. The molecule has 2 aromatic rings. The van der Waals surface area contributed by atoms with Crippen molar-refractivity contribution < 1.29 is 9.90 Å². The van der Waals surface area contributed by atoms with E-state index >= 15 is 0 Å². The number of rotatable bonds is 3. The number of carboxylic acids is 1. The van der Waals surface area contributed by atoms with Gasteiger partial charge < -0.3 is 15.8 Å². The van der Waals surface area contributed by atoms with E-state index < -0.39 is 12.0 Å². The predicted molar refractivity (Wildman–Crippen MR) is 62.6 cm³/mol. The number of hydrogen-bond acceptors (Lipinski definition) is 2. The van der Waals surface area contributed by atoms with E-state index in [1.807, 2.05) is 6.07 Å². The molecule has 4 nitrogen and oxygen atoms in total. The van der Waals surface area contributed by atoms with Gasteiger partial charge in [0.2, 0.25) is 0 Å². The molecule has 5 heteroatoms. The van der Waals surface area contributed by atoms with Crippen LogP contribution in [0.1, 0.15) is 5.56 Å². The maximum atomic E-state index is 10.7. The van der Waals surface area contributed by atoms with Crippen LogP contribution in [0.15, 0.2) is 24.4 Å². The van der Waals surface area contributed by atoms with Crippen LogP contribution in [0, 0.1) is 0 Å². The van der Waals surface area contributed by atoms with Crippen molar-refractivity contribution >= 4 is 28.5 Å². The third-order valence-corrected chi connectivity index (χ3v) is 2.72.